The zero-order chi connectivity index (χ0) is 24.3. The molecule has 180 valence electrons. The Morgan fingerprint density at radius 1 is 1.09 bits per heavy atom. The number of piperidine rings is 1. The van der Waals surface area contributed by atoms with Crippen LogP contribution in [-0.2, 0) is 13.5 Å². The highest BCUT2D eigenvalue weighted by atomic mass is 16.5. The van der Waals surface area contributed by atoms with Gasteiger partial charge in [-0.1, -0.05) is 0 Å². The van der Waals surface area contributed by atoms with Crippen molar-refractivity contribution in [2.45, 2.75) is 44.7 Å². The van der Waals surface area contributed by atoms with Crippen LogP contribution >= 0.6 is 0 Å². The molecule has 8 nitrogen and oxygen atoms in total. The second-order valence-corrected chi connectivity index (χ2v) is 9.37. The molecule has 2 aliphatic rings. The lowest BCUT2D eigenvalue weighted by Crippen LogP contribution is -2.49. The number of hydrogen-bond acceptors (Lipinski definition) is 6. The number of carbonyl (C=O) groups is 1. The summed E-state index contributed by atoms with van der Waals surface area (Å²) >= 11 is 0. The smallest absolute Gasteiger partial charge is 0.254 e. The number of aryl methyl sites for hydroxylation is 2. The van der Waals surface area contributed by atoms with Gasteiger partial charge in [0, 0.05) is 42.8 Å². The van der Waals surface area contributed by atoms with Crippen LogP contribution in [0.1, 0.15) is 52.8 Å². The molecule has 0 radical (unpaired) electrons. The monoisotopic (exact) mass is 472 g/mol. The molecular weight excluding hydrogens is 444 g/mol. The number of carbonyl (C=O) groups excluding carboxylic acids is 1. The van der Waals surface area contributed by atoms with E-state index in [0.29, 0.717) is 17.0 Å². The first-order chi connectivity index (χ1) is 17.0. The third-order valence-corrected chi connectivity index (χ3v) is 7.28. The molecule has 0 aliphatic carbocycles. The normalized spacial score (nSPS) is 19.0. The third kappa shape index (κ3) is 3.47. The molecule has 0 unspecified atom stereocenters. The van der Waals surface area contributed by atoms with Crippen LogP contribution in [0.4, 0.5) is 0 Å². The molecule has 0 saturated carbocycles. The van der Waals surface area contributed by atoms with Gasteiger partial charge in [-0.05, 0) is 56.0 Å². The summed E-state index contributed by atoms with van der Waals surface area (Å²) in [5.41, 5.74) is 6.29. The summed E-state index contributed by atoms with van der Waals surface area (Å²) in [7, 11) is 5.28. The lowest BCUT2D eigenvalue weighted by molar-refractivity contribution is 0.0392. The standard InChI is InChI=1S/C27H28N4O4/c1-15-28-22-9-8-16(12-24(22)35-15)27(32)31-18-6-5-7-23(31)25-21(13-18)26(30(2)29-25)17-10-19(33-3)14-20(11-17)34-4/h8-12,14,18,23H,5-7,13H2,1-4H3/t18-,23+/m1/s1. The summed E-state index contributed by atoms with van der Waals surface area (Å²) in [6.07, 6.45) is 3.72. The van der Waals surface area contributed by atoms with Gasteiger partial charge in [0.25, 0.3) is 5.91 Å². The number of hydrogen-bond donors (Lipinski definition) is 0. The molecule has 2 aliphatic heterocycles. The van der Waals surface area contributed by atoms with Gasteiger partial charge in [0.15, 0.2) is 11.5 Å². The fourth-order valence-corrected chi connectivity index (χ4v) is 5.78. The van der Waals surface area contributed by atoms with E-state index in [0.717, 1.165) is 59.7 Å². The van der Waals surface area contributed by atoms with Crippen LogP contribution in [0.5, 0.6) is 11.5 Å². The highest BCUT2D eigenvalue weighted by Gasteiger charge is 2.43. The molecule has 1 amide bonds. The van der Waals surface area contributed by atoms with E-state index in [9.17, 15) is 4.79 Å². The van der Waals surface area contributed by atoms with Crippen molar-refractivity contribution in [1.82, 2.24) is 19.7 Å². The predicted octanol–water partition coefficient (Wildman–Crippen LogP) is 4.85. The third-order valence-electron chi connectivity index (χ3n) is 7.28. The van der Waals surface area contributed by atoms with E-state index < -0.39 is 0 Å². The van der Waals surface area contributed by atoms with E-state index in [2.05, 4.69) is 9.88 Å². The molecule has 4 heterocycles. The van der Waals surface area contributed by atoms with Gasteiger partial charge in [-0.3, -0.25) is 9.48 Å². The highest BCUT2D eigenvalue weighted by molar-refractivity contribution is 5.97. The fraction of sp³-hybridized carbons (Fsp3) is 0.370. The van der Waals surface area contributed by atoms with Crippen LogP contribution in [-0.4, -0.2) is 45.8 Å². The summed E-state index contributed by atoms with van der Waals surface area (Å²) in [6.45, 7) is 1.81. The summed E-state index contributed by atoms with van der Waals surface area (Å²) < 4.78 is 18.6. The average molecular weight is 473 g/mol. The van der Waals surface area contributed by atoms with E-state index in [1.807, 2.05) is 55.1 Å². The molecule has 0 spiro atoms. The Morgan fingerprint density at radius 2 is 1.86 bits per heavy atom. The number of benzene rings is 2. The minimum atomic E-state index is -0.0513. The van der Waals surface area contributed by atoms with Crippen LogP contribution < -0.4 is 9.47 Å². The maximum absolute atomic E-state index is 13.8. The Bertz CT molecular complexity index is 1430. The molecule has 2 aromatic heterocycles. The number of fused-ring (bicyclic) bond motifs is 5. The van der Waals surface area contributed by atoms with E-state index in [1.165, 1.54) is 5.56 Å². The average Bonchev–Trinajstić information content (AvgIpc) is 3.40. The van der Waals surface area contributed by atoms with Crippen LogP contribution in [0.15, 0.2) is 40.8 Å². The van der Waals surface area contributed by atoms with Crippen molar-refractivity contribution in [3.8, 4) is 22.8 Å². The summed E-state index contributed by atoms with van der Waals surface area (Å²) in [4.78, 5) is 20.2. The zero-order valence-corrected chi connectivity index (χ0v) is 20.4. The molecule has 8 heteroatoms. The van der Waals surface area contributed by atoms with Crippen molar-refractivity contribution in [1.29, 1.82) is 0 Å². The number of oxazole rings is 1. The summed E-state index contributed by atoms with van der Waals surface area (Å²) in [6, 6.07) is 11.5. The van der Waals surface area contributed by atoms with Crippen molar-refractivity contribution >= 4 is 17.0 Å². The van der Waals surface area contributed by atoms with Crippen LogP contribution in [0, 0.1) is 6.92 Å². The maximum Gasteiger partial charge on any atom is 0.254 e. The van der Waals surface area contributed by atoms with E-state index in [1.54, 1.807) is 14.2 Å². The molecule has 4 aromatic rings. The molecule has 2 atom stereocenters. The fourth-order valence-electron chi connectivity index (χ4n) is 5.78. The first kappa shape index (κ1) is 21.7. The quantitative estimate of drug-likeness (QED) is 0.422. The summed E-state index contributed by atoms with van der Waals surface area (Å²) in [5.74, 6) is 2.09. The lowest BCUT2D eigenvalue weighted by atomic mass is 9.81. The van der Waals surface area contributed by atoms with Crippen molar-refractivity contribution in [2.24, 2.45) is 7.05 Å². The number of aromatic nitrogens is 3. The molecule has 1 fully saturated rings. The minimum absolute atomic E-state index is 0.0246. The Morgan fingerprint density at radius 3 is 2.60 bits per heavy atom. The topological polar surface area (TPSA) is 82.6 Å². The minimum Gasteiger partial charge on any atom is -0.497 e. The van der Waals surface area contributed by atoms with Gasteiger partial charge in [-0.2, -0.15) is 5.10 Å². The molecule has 2 aromatic carbocycles. The van der Waals surface area contributed by atoms with Gasteiger partial charge < -0.3 is 18.8 Å². The molecule has 0 N–H and O–H groups in total. The van der Waals surface area contributed by atoms with Gasteiger partial charge in [0.05, 0.1) is 31.6 Å². The van der Waals surface area contributed by atoms with Gasteiger partial charge in [0.2, 0.25) is 0 Å². The van der Waals surface area contributed by atoms with Crippen molar-refractivity contribution < 1.29 is 18.7 Å². The van der Waals surface area contributed by atoms with E-state index >= 15 is 0 Å². The molecule has 6 rings (SSSR count). The largest absolute Gasteiger partial charge is 0.497 e. The van der Waals surface area contributed by atoms with E-state index in [4.69, 9.17) is 19.0 Å². The number of methoxy groups -OCH3 is 2. The Balaban J connectivity index is 1.41. The number of rotatable bonds is 4. The Kier molecular flexibility index (Phi) is 5.05. The van der Waals surface area contributed by atoms with Crippen LogP contribution in [0.25, 0.3) is 22.4 Å². The first-order valence-corrected chi connectivity index (χ1v) is 12.0. The van der Waals surface area contributed by atoms with Crippen molar-refractivity contribution in [2.75, 3.05) is 14.2 Å². The van der Waals surface area contributed by atoms with Gasteiger partial charge >= 0.3 is 0 Å². The SMILES string of the molecule is COc1cc(OC)cc(-c2c3c(nn2C)[C@@H]2CCC[C@H](C3)N2C(=O)c2ccc3nc(C)oc3c2)c1. The van der Waals surface area contributed by atoms with Crippen LogP contribution in [0.3, 0.4) is 0 Å². The second kappa shape index (κ2) is 8.15. The Labute approximate surface area is 203 Å². The van der Waals surface area contributed by atoms with Crippen molar-refractivity contribution in [3.63, 3.8) is 0 Å². The second-order valence-electron chi connectivity index (χ2n) is 9.37. The lowest BCUT2D eigenvalue weighted by Gasteiger charge is -2.45. The van der Waals surface area contributed by atoms with Crippen LogP contribution in [0.2, 0.25) is 0 Å². The molecule has 1 saturated heterocycles. The number of nitrogens with zero attached hydrogens (tertiary/aromatic N) is 4. The predicted molar refractivity (Wildman–Crippen MR) is 131 cm³/mol. The van der Waals surface area contributed by atoms with Crippen molar-refractivity contribution in [3.05, 3.63) is 59.1 Å². The maximum atomic E-state index is 13.8. The van der Waals surface area contributed by atoms with Gasteiger partial charge in [0.1, 0.15) is 17.0 Å². The van der Waals surface area contributed by atoms with E-state index in [-0.39, 0.29) is 18.0 Å². The van der Waals surface area contributed by atoms with Gasteiger partial charge in [-0.15, -0.1) is 0 Å². The molecule has 35 heavy (non-hydrogen) atoms. The zero-order valence-electron chi connectivity index (χ0n) is 20.4. The Hall–Kier alpha value is -3.81. The molecule has 2 bridgehead atoms. The highest BCUT2D eigenvalue weighted by Crippen LogP contribution is 2.45. The first-order valence-electron chi connectivity index (χ1n) is 12.0. The number of ether oxygens (including phenoxy) is 2. The number of amides is 1. The molecular formula is C27H28N4O4. The summed E-state index contributed by atoms with van der Waals surface area (Å²) in [5, 5.41) is 4.95. The van der Waals surface area contributed by atoms with Gasteiger partial charge in [-0.25, -0.2) is 4.98 Å².